The first kappa shape index (κ1) is 16.3. The smallest absolute Gasteiger partial charge is 0.166 e. The van der Waals surface area contributed by atoms with E-state index in [1.54, 1.807) is 26.4 Å². The highest BCUT2D eigenvalue weighted by Gasteiger charge is 2.20. The van der Waals surface area contributed by atoms with Gasteiger partial charge in [-0.2, -0.15) is 0 Å². The fourth-order valence-electron chi connectivity index (χ4n) is 2.76. The van der Waals surface area contributed by atoms with E-state index in [2.05, 4.69) is 21.2 Å². The van der Waals surface area contributed by atoms with Crippen LogP contribution in [0.1, 0.15) is 36.0 Å². The Hall–Kier alpha value is -1.07. The lowest BCUT2D eigenvalue weighted by Crippen LogP contribution is -2.28. The Morgan fingerprint density at radius 3 is 2.62 bits per heavy atom. The molecule has 2 rings (SSSR count). The van der Waals surface area contributed by atoms with Crippen molar-refractivity contribution in [2.45, 2.75) is 25.7 Å². The molecule has 0 atom stereocenters. The molecule has 0 aliphatic carbocycles. The lowest BCUT2D eigenvalue weighted by Gasteiger charge is -2.22. The van der Waals surface area contributed by atoms with Crippen LogP contribution in [-0.4, -0.2) is 33.1 Å². The van der Waals surface area contributed by atoms with Crippen molar-refractivity contribution >= 4 is 21.7 Å². The van der Waals surface area contributed by atoms with Gasteiger partial charge >= 0.3 is 0 Å². The molecular weight excluding hydrogens is 334 g/mol. The van der Waals surface area contributed by atoms with Crippen LogP contribution >= 0.6 is 15.9 Å². The van der Waals surface area contributed by atoms with Crippen molar-refractivity contribution in [1.29, 1.82) is 0 Å². The molecule has 1 N–H and O–H groups in total. The summed E-state index contributed by atoms with van der Waals surface area (Å²) in [6.07, 6.45) is 3.85. The summed E-state index contributed by atoms with van der Waals surface area (Å²) in [4.78, 5) is 12.5. The number of benzene rings is 1. The maximum atomic E-state index is 12.5. The summed E-state index contributed by atoms with van der Waals surface area (Å²) in [7, 11) is 3.17. The van der Waals surface area contributed by atoms with Crippen molar-refractivity contribution in [3.8, 4) is 11.5 Å². The fraction of sp³-hybridized carbons (Fsp3) is 0.562. The van der Waals surface area contributed by atoms with Crippen molar-refractivity contribution in [3.63, 3.8) is 0 Å². The summed E-state index contributed by atoms with van der Waals surface area (Å²) >= 11 is 3.44. The van der Waals surface area contributed by atoms with Gasteiger partial charge in [0.05, 0.1) is 19.8 Å². The normalized spacial score (nSPS) is 15.8. The maximum absolute atomic E-state index is 12.5. The third kappa shape index (κ3) is 3.98. The van der Waals surface area contributed by atoms with Gasteiger partial charge in [0.2, 0.25) is 0 Å². The summed E-state index contributed by atoms with van der Waals surface area (Å²) in [5, 5.41) is 3.35. The van der Waals surface area contributed by atoms with E-state index in [0.29, 0.717) is 33.9 Å². The van der Waals surface area contributed by atoms with Gasteiger partial charge in [-0.3, -0.25) is 4.79 Å². The number of Topliss-reactive ketones (excluding diaryl/α,β-unsaturated/α-hetero) is 1. The number of ether oxygens (including phenoxy) is 2. The van der Waals surface area contributed by atoms with E-state index in [0.717, 1.165) is 32.4 Å². The topological polar surface area (TPSA) is 47.6 Å². The Balaban J connectivity index is 2.06. The first-order valence-electron chi connectivity index (χ1n) is 7.31. The van der Waals surface area contributed by atoms with E-state index in [1.807, 2.05) is 0 Å². The van der Waals surface area contributed by atoms with Crippen molar-refractivity contribution in [2.24, 2.45) is 5.92 Å². The van der Waals surface area contributed by atoms with E-state index in [1.165, 1.54) is 0 Å². The summed E-state index contributed by atoms with van der Waals surface area (Å²) in [6.45, 7) is 2.13. The van der Waals surface area contributed by atoms with E-state index in [4.69, 9.17) is 9.47 Å². The van der Waals surface area contributed by atoms with Gasteiger partial charge in [-0.15, -0.1) is 0 Å². The second kappa shape index (κ2) is 7.80. The molecule has 1 aliphatic heterocycles. The first-order valence-corrected chi connectivity index (χ1v) is 8.11. The second-order valence-electron chi connectivity index (χ2n) is 5.32. The Morgan fingerprint density at radius 2 is 2.00 bits per heavy atom. The number of halogens is 1. The highest BCUT2D eigenvalue weighted by Crippen LogP contribution is 2.38. The highest BCUT2D eigenvalue weighted by atomic mass is 79.9. The SMILES string of the molecule is COc1ccc(C(=O)CCC2CCNCC2)c(OC)c1Br. The van der Waals surface area contributed by atoms with E-state index in [9.17, 15) is 4.79 Å². The molecule has 0 amide bonds. The van der Waals surface area contributed by atoms with Crippen LogP contribution in [0.15, 0.2) is 16.6 Å². The van der Waals surface area contributed by atoms with Crippen LogP contribution in [0.4, 0.5) is 0 Å². The maximum Gasteiger partial charge on any atom is 0.166 e. The largest absolute Gasteiger partial charge is 0.495 e. The Labute approximate surface area is 134 Å². The van der Waals surface area contributed by atoms with Crippen LogP contribution in [0, 0.1) is 5.92 Å². The molecule has 1 aliphatic rings. The molecular formula is C16H22BrNO3. The summed E-state index contributed by atoms with van der Waals surface area (Å²) in [6, 6.07) is 3.58. The number of carbonyl (C=O) groups is 1. The highest BCUT2D eigenvalue weighted by molar-refractivity contribution is 9.10. The van der Waals surface area contributed by atoms with Gasteiger partial charge < -0.3 is 14.8 Å². The van der Waals surface area contributed by atoms with E-state index >= 15 is 0 Å². The van der Waals surface area contributed by atoms with Crippen molar-refractivity contribution in [1.82, 2.24) is 5.32 Å². The zero-order chi connectivity index (χ0) is 15.2. The van der Waals surface area contributed by atoms with Crippen molar-refractivity contribution in [2.75, 3.05) is 27.3 Å². The molecule has 1 aromatic rings. The van der Waals surface area contributed by atoms with E-state index < -0.39 is 0 Å². The van der Waals surface area contributed by atoms with Crippen LogP contribution in [-0.2, 0) is 0 Å². The van der Waals surface area contributed by atoms with Gasteiger partial charge in [0.25, 0.3) is 0 Å². The van der Waals surface area contributed by atoms with Crippen molar-refractivity contribution < 1.29 is 14.3 Å². The van der Waals surface area contributed by atoms with Gasteiger partial charge in [0.1, 0.15) is 16.0 Å². The zero-order valence-corrected chi connectivity index (χ0v) is 14.2. The molecule has 0 radical (unpaired) electrons. The second-order valence-corrected chi connectivity index (χ2v) is 6.11. The lowest BCUT2D eigenvalue weighted by atomic mass is 9.91. The van der Waals surface area contributed by atoms with Gasteiger partial charge in [0.15, 0.2) is 5.78 Å². The van der Waals surface area contributed by atoms with Crippen LogP contribution in [0.5, 0.6) is 11.5 Å². The number of rotatable bonds is 6. The number of nitrogens with one attached hydrogen (secondary N) is 1. The molecule has 1 heterocycles. The third-order valence-electron chi connectivity index (χ3n) is 4.02. The molecule has 1 fully saturated rings. The minimum Gasteiger partial charge on any atom is -0.495 e. The van der Waals surface area contributed by atoms with Gasteiger partial charge in [-0.1, -0.05) is 0 Å². The standard InChI is InChI=1S/C16H22BrNO3/c1-20-14-6-4-12(16(21-2)15(14)17)13(19)5-3-11-7-9-18-10-8-11/h4,6,11,18H,3,5,7-10H2,1-2H3. The minimum absolute atomic E-state index is 0.133. The van der Waals surface area contributed by atoms with Gasteiger partial charge in [-0.25, -0.2) is 0 Å². The van der Waals surface area contributed by atoms with Crippen LogP contribution < -0.4 is 14.8 Å². The average molecular weight is 356 g/mol. The molecule has 116 valence electrons. The third-order valence-corrected chi connectivity index (χ3v) is 4.78. The number of carbonyl (C=O) groups excluding carboxylic acids is 1. The molecule has 21 heavy (non-hydrogen) atoms. The number of hydrogen-bond acceptors (Lipinski definition) is 4. The van der Waals surface area contributed by atoms with Gasteiger partial charge in [0, 0.05) is 6.42 Å². The number of ketones is 1. The number of hydrogen-bond donors (Lipinski definition) is 1. The number of methoxy groups -OCH3 is 2. The lowest BCUT2D eigenvalue weighted by molar-refractivity contribution is 0.0967. The quantitative estimate of drug-likeness (QED) is 0.794. The molecule has 0 bridgehead atoms. The van der Waals surface area contributed by atoms with Crippen LogP contribution in [0.2, 0.25) is 0 Å². The molecule has 1 saturated heterocycles. The molecule has 0 aromatic heterocycles. The molecule has 0 saturated carbocycles. The van der Waals surface area contributed by atoms with Crippen LogP contribution in [0.3, 0.4) is 0 Å². The molecule has 4 nitrogen and oxygen atoms in total. The minimum atomic E-state index is 0.133. The monoisotopic (exact) mass is 355 g/mol. The average Bonchev–Trinajstić information content (AvgIpc) is 2.53. The molecule has 0 unspecified atom stereocenters. The molecule has 5 heteroatoms. The van der Waals surface area contributed by atoms with Crippen molar-refractivity contribution in [3.05, 3.63) is 22.2 Å². The molecule has 0 spiro atoms. The molecule has 1 aromatic carbocycles. The Bertz CT molecular complexity index is 499. The predicted octanol–water partition coefficient (Wildman–Crippen LogP) is 3.43. The zero-order valence-electron chi connectivity index (χ0n) is 12.6. The summed E-state index contributed by atoms with van der Waals surface area (Å²) in [5.41, 5.74) is 0.624. The Kier molecular flexibility index (Phi) is 6.06. The van der Waals surface area contributed by atoms with Gasteiger partial charge in [-0.05, 0) is 66.3 Å². The fourth-order valence-corrected chi connectivity index (χ4v) is 3.42. The summed E-state index contributed by atoms with van der Waals surface area (Å²) in [5.74, 6) is 2.02. The predicted molar refractivity (Wildman–Crippen MR) is 86.4 cm³/mol. The van der Waals surface area contributed by atoms with Crippen LogP contribution in [0.25, 0.3) is 0 Å². The number of piperidine rings is 1. The van der Waals surface area contributed by atoms with E-state index in [-0.39, 0.29) is 5.78 Å². The summed E-state index contributed by atoms with van der Waals surface area (Å²) < 4.78 is 11.3. The first-order chi connectivity index (χ1) is 10.2. The Morgan fingerprint density at radius 1 is 1.29 bits per heavy atom.